The third kappa shape index (κ3) is 7.36. The Balaban J connectivity index is 1.54. The molecule has 0 spiro atoms. The van der Waals surface area contributed by atoms with Crippen molar-refractivity contribution in [3.05, 3.63) is 36.5 Å². The number of carbonyl (C=O) groups excluding carboxylic acids is 1. The Kier molecular flexibility index (Phi) is 9.58. The lowest BCUT2D eigenvalue weighted by atomic mass is 10.0. The summed E-state index contributed by atoms with van der Waals surface area (Å²) in [5, 5.41) is 5.77. The average Bonchev–Trinajstić information content (AvgIpc) is 2.95. The lowest BCUT2D eigenvalue weighted by molar-refractivity contribution is -0.127. The Bertz CT molecular complexity index is 1260. The van der Waals surface area contributed by atoms with Gasteiger partial charge in [0, 0.05) is 37.2 Å². The lowest BCUT2D eigenvalue weighted by Gasteiger charge is -2.32. The second kappa shape index (κ2) is 13.1. The summed E-state index contributed by atoms with van der Waals surface area (Å²) in [7, 11) is 3.68. The maximum absolute atomic E-state index is 15.6. The molecule has 0 saturated carbocycles. The number of rotatable bonds is 12. The molecule has 210 valence electrons. The summed E-state index contributed by atoms with van der Waals surface area (Å²) in [4.78, 5) is 32.7. The minimum atomic E-state index is -1.83. The summed E-state index contributed by atoms with van der Waals surface area (Å²) >= 11 is 0. The standard InChI is InChI=1S/C28H38FN7O3/c1-5-12-38-16-24-32-13-19(14-33-24)20-9-10-21-25(35-23(30-3)15-31-21)26(20)39-18-28(2,29)17-34-27(37)22-8-6-7-11-36(22)4/h9-10,13-15,22H,5-8,11-12,16-18H2,1-4H3,(H,30,35)(H,34,37)/t22-,28?/m0/s1. The SMILES string of the molecule is CCCOCc1ncc(-c2ccc3ncc(NC)nc3c2OCC(C)(F)CNC(=O)[C@@H]2CCCCN2C)cn1. The van der Waals surface area contributed by atoms with Crippen molar-refractivity contribution in [1.82, 2.24) is 30.2 Å². The zero-order valence-corrected chi connectivity index (χ0v) is 23.2. The van der Waals surface area contributed by atoms with Gasteiger partial charge in [-0.05, 0) is 51.9 Å². The van der Waals surface area contributed by atoms with Gasteiger partial charge in [-0.3, -0.25) is 14.7 Å². The van der Waals surface area contributed by atoms with Crippen LogP contribution in [0.1, 0.15) is 45.4 Å². The molecule has 0 aliphatic carbocycles. The van der Waals surface area contributed by atoms with E-state index in [-0.39, 0.29) is 25.1 Å². The molecule has 1 fully saturated rings. The first-order valence-electron chi connectivity index (χ1n) is 13.5. The summed E-state index contributed by atoms with van der Waals surface area (Å²) in [6, 6.07) is 3.44. The Labute approximate surface area is 228 Å². The fraction of sp³-hybridized carbons (Fsp3) is 0.536. The van der Waals surface area contributed by atoms with Crippen LogP contribution in [0.5, 0.6) is 5.75 Å². The molecule has 10 nitrogen and oxygen atoms in total. The van der Waals surface area contributed by atoms with Crippen LogP contribution in [-0.4, -0.2) is 82.9 Å². The van der Waals surface area contributed by atoms with E-state index in [1.165, 1.54) is 6.92 Å². The summed E-state index contributed by atoms with van der Waals surface area (Å²) in [6.07, 6.45) is 8.76. The number of hydrogen-bond donors (Lipinski definition) is 2. The molecule has 11 heteroatoms. The third-order valence-corrected chi connectivity index (χ3v) is 6.74. The van der Waals surface area contributed by atoms with Crippen LogP contribution in [0.3, 0.4) is 0 Å². The topological polar surface area (TPSA) is 114 Å². The Morgan fingerprint density at radius 1 is 1.21 bits per heavy atom. The van der Waals surface area contributed by atoms with Gasteiger partial charge < -0.3 is 20.1 Å². The van der Waals surface area contributed by atoms with Crippen LogP contribution >= 0.6 is 0 Å². The molecule has 3 heterocycles. The Morgan fingerprint density at radius 2 is 2.00 bits per heavy atom. The van der Waals surface area contributed by atoms with Crippen molar-refractivity contribution in [3.63, 3.8) is 0 Å². The molecule has 1 saturated heterocycles. The highest BCUT2D eigenvalue weighted by atomic mass is 19.1. The molecule has 2 aromatic heterocycles. The number of anilines is 1. The predicted octanol–water partition coefficient (Wildman–Crippen LogP) is 3.76. The van der Waals surface area contributed by atoms with Crippen molar-refractivity contribution in [2.45, 2.75) is 57.8 Å². The van der Waals surface area contributed by atoms with Gasteiger partial charge in [-0.15, -0.1) is 0 Å². The third-order valence-electron chi connectivity index (χ3n) is 6.74. The maximum Gasteiger partial charge on any atom is 0.237 e. The number of halogens is 1. The van der Waals surface area contributed by atoms with E-state index in [0.717, 1.165) is 32.2 Å². The van der Waals surface area contributed by atoms with Gasteiger partial charge in [0.2, 0.25) is 5.91 Å². The van der Waals surface area contributed by atoms with Gasteiger partial charge in [0.15, 0.2) is 17.2 Å². The first-order chi connectivity index (χ1) is 18.8. The molecular weight excluding hydrogens is 501 g/mol. The number of hydrogen-bond acceptors (Lipinski definition) is 9. The predicted molar refractivity (Wildman–Crippen MR) is 148 cm³/mol. The Morgan fingerprint density at radius 3 is 2.72 bits per heavy atom. The number of carbonyl (C=O) groups is 1. The van der Waals surface area contributed by atoms with Crippen LogP contribution in [0.2, 0.25) is 0 Å². The van der Waals surface area contributed by atoms with E-state index in [2.05, 4.69) is 30.6 Å². The number of fused-ring (bicyclic) bond motifs is 1. The van der Waals surface area contributed by atoms with Gasteiger partial charge in [0.1, 0.15) is 24.5 Å². The van der Waals surface area contributed by atoms with E-state index in [1.54, 1.807) is 25.6 Å². The van der Waals surface area contributed by atoms with Crippen LogP contribution in [0.4, 0.5) is 10.2 Å². The minimum absolute atomic E-state index is 0.156. The van der Waals surface area contributed by atoms with E-state index in [0.29, 0.717) is 52.8 Å². The highest BCUT2D eigenvalue weighted by Crippen LogP contribution is 2.36. The summed E-state index contributed by atoms with van der Waals surface area (Å²) in [5.74, 6) is 1.34. The molecule has 0 radical (unpaired) electrons. The summed E-state index contributed by atoms with van der Waals surface area (Å²) in [5.41, 5.74) is 0.616. The fourth-order valence-electron chi connectivity index (χ4n) is 4.49. The van der Waals surface area contributed by atoms with Crippen molar-refractivity contribution < 1.29 is 18.7 Å². The maximum atomic E-state index is 15.6. The average molecular weight is 540 g/mol. The van der Waals surface area contributed by atoms with E-state index in [1.807, 2.05) is 31.0 Å². The molecule has 39 heavy (non-hydrogen) atoms. The van der Waals surface area contributed by atoms with E-state index >= 15 is 4.39 Å². The first-order valence-corrected chi connectivity index (χ1v) is 13.5. The summed E-state index contributed by atoms with van der Waals surface area (Å²) < 4.78 is 27.3. The lowest BCUT2D eigenvalue weighted by Crippen LogP contribution is -2.51. The van der Waals surface area contributed by atoms with Gasteiger partial charge in [0.05, 0.1) is 24.3 Å². The van der Waals surface area contributed by atoms with Gasteiger partial charge in [-0.25, -0.2) is 19.3 Å². The highest BCUT2D eigenvalue weighted by molar-refractivity contribution is 5.90. The number of alkyl halides is 1. The molecule has 2 N–H and O–H groups in total. The van der Waals surface area contributed by atoms with E-state index < -0.39 is 5.67 Å². The molecule has 1 amide bonds. The monoisotopic (exact) mass is 539 g/mol. The van der Waals surface area contributed by atoms with Crippen LogP contribution < -0.4 is 15.4 Å². The number of amides is 1. The number of nitrogens with zero attached hydrogens (tertiary/aromatic N) is 5. The van der Waals surface area contributed by atoms with Gasteiger partial charge in [-0.1, -0.05) is 13.3 Å². The van der Waals surface area contributed by atoms with Crippen LogP contribution in [-0.2, 0) is 16.1 Å². The van der Waals surface area contributed by atoms with Crippen LogP contribution in [0.15, 0.2) is 30.7 Å². The number of likely N-dealkylation sites (N-methyl/N-ethyl adjacent to an activating group) is 1. The van der Waals surface area contributed by atoms with Crippen molar-refractivity contribution >= 4 is 22.8 Å². The quantitative estimate of drug-likeness (QED) is 0.332. The molecule has 1 aromatic carbocycles. The number of aromatic nitrogens is 4. The number of piperidine rings is 1. The molecule has 1 unspecified atom stereocenters. The Hall–Kier alpha value is -3.44. The second-order valence-corrected chi connectivity index (χ2v) is 10.2. The first kappa shape index (κ1) is 28.6. The van der Waals surface area contributed by atoms with Gasteiger partial charge >= 0.3 is 0 Å². The minimum Gasteiger partial charge on any atom is -0.487 e. The molecular formula is C28H38FN7O3. The molecule has 0 bridgehead atoms. The molecule has 3 aromatic rings. The van der Waals surface area contributed by atoms with Crippen molar-refractivity contribution in [2.75, 3.05) is 45.7 Å². The van der Waals surface area contributed by atoms with E-state index in [4.69, 9.17) is 9.47 Å². The molecule has 4 rings (SSSR count). The van der Waals surface area contributed by atoms with Crippen LogP contribution in [0, 0.1) is 0 Å². The largest absolute Gasteiger partial charge is 0.487 e. The van der Waals surface area contributed by atoms with E-state index in [9.17, 15) is 4.79 Å². The highest BCUT2D eigenvalue weighted by Gasteiger charge is 2.30. The molecule has 2 atom stereocenters. The van der Waals surface area contributed by atoms with Gasteiger partial charge in [0.25, 0.3) is 0 Å². The fourth-order valence-corrected chi connectivity index (χ4v) is 4.49. The second-order valence-electron chi connectivity index (χ2n) is 10.2. The van der Waals surface area contributed by atoms with Crippen LogP contribution in [0.25, 0.3) is 22.2 Å². The van der Waals surface area contributed by atoms with Gasteiger partial charge in [-0.2, -0.15) is 0 Å². The zero-order valence-electron chi connectivity index (χ0n) is 23.2. The van der Waals surface area contributed by atoms with Crippen molar-refractivity contribution in [3.8, 4) is 16.9 Å². The number of benzene rings is 1. The van der Waals surface area contributed by atoms with Crippen molar-refractivity contribution in [1.29, 1.82) is 0 Å². The normalized spacial score (nSPS) is 17.5. The molecule has 1 aliphatic heterocycles. The zero-order chi connectivity index (χ0) is 27.8. The molecule has 1 aliphatic rings. The summed E-state index contributed by atoms with van der Waals surface area (Å²) in [6.45, 7) is 4.83. The number of nitrogens with one attached hydrogen (secondary N) is 2. The number of likely N-dealkylation sites (tertiary alicyclic amines) is 1. The number of ether oxygens (including phenoxy) is 2. The van der Waals surface area contributed by atoms with Crippen molar-refractivity contribution in [2.24, 2.45) is 0 Å². The smallest absolute Gasteiger partial charge is 0.237 e.